The summed E-state index contributed by atoms with van der Waals surface area (Å²) in [5.41, 5.74) is -0.244. The molecule has 0 spiro atoms. The van der Waals surface area contributed by atoms with Gasteiger partial charge in [-0.3, -0.25) is 14.9 Å². The van der Waals surface area contributed by atoms with Crippen LogP contribution in [0.5, 0.6) is 0 Å². The standard InChI is InChI=1S/C13H18N4O4/c1-8-6-16(7-9(2)21-8)13(18)10-4-12(14-3)15-5-11(10)17(19)20/h4-5,8-9H,6-7H2,1-3H3,(H,14,15)/t8-,9+. The number of nitro groups is 1. The first-order chi connectivity index (χ1) is 9.92. The third kappa shape index (κ3) is 3.27. The number of amides is 1. The molecule has 2 atom stereocenters. The molecule has 8 nitrogen and oxygen atoms in total. The first-order valence-electron chi connectivity index (χ1n) is 6.69. The summed E-state index contributed by atoms with van der Waals surface area (Å²) >= 11 is 0. The largest absolute Gasteiger partial charge is 0.373 e. The Morgan fingerprint density at radius 2 is 2.10 bits per heavy atom. The third-order valence-electron chi connectivity index (χ3n) is 3.27. The van der Waals surface area contributed by atoms with E-state index in [1.807, 2.05) is 13.8 Å². The van der Waals surface area contributed by atoms with Crippen molar-refractivity contribution >= 4 is 17.4 Å². The highest BCUT2D eigenvalue weighted by molar-refractivity contribution is 5.98. The molecule has 1 fully saturated rings. The number of carbonyl (C=O) groups is 1. The second-order valence-corrected chi connectivity index (χ2v) is 5.06. The lowest BCUT2D eigenvalue weighted by Crippen LogP contribution is -2.48. The molecule has 21 heavy (non-hydrogen) atoms. The van der Waals surface area contributed by atoms with Crippen LogP contribution in [0.15, 0.2) is 12.3 Å². The Hall–Kier alpha value is -2.22. The van der Waals surface area contributed by atoms with Crippen LogP contribution in [0.2, 0.25) is 0 Å². The minimum atomic E-state index is -0.590. The van der Waals surface area contributed by atoms with Crippen LogP contribution in [-0.2, 0) is 4.74 Å². The average Bonchev–Trinajstić information content (AvgIpc) is 2.44. The summed E-state index contributed by atoms with van der Waals surface area (Å²) < 4.78 is 5.57. The van der Waals surface area contributed by atoms with Crippen LogP contribution in [0.25, 0.3) is 0 Å². The Balaban J connectivity index is 2.35. The van der Waals surface area contributed by atoms with Crippen LogP contribution in [-0.4, -0.2) is 53.1 Å². The molecule has 114 valence electrons. The lowest BCUT2D eigenvalue weighted by molar-refractivity contribution is -0.385. The lowest BCUT2D eigenvalue weighted by atomic mass is 10.1. The molecule has 1 saturated heterocycles. The van der Waals surface area contributed by atoms with Gasteiger partial charge in [0.05, 0.1) is 17.1 Å². The number of nitrogens with zero attached hydrogens (tertiary/aromatic N) is 3. The summed E-state index contributed by atoms with van der Waals surface area (Å²) in [6, 6.07) is 1.41. The zero-order valence-electron chi connectivity index (χ0n) is 12.2. The number of anilines is 1. The molecule has 1 aliphatic rings. The van der Waals surface area contributed by atoms with Crippen molar-refractivity contribution in [3.05, 3.63) is 27.9 Å². The highest BCUT2D eigenvalue weighted by Crippen LogP contribution is 2.23. The van der Waals surface area contributed by atoms with Crippen molar-refractivity contribution in [1.82, 2.24) is 9.88 Å². The van der Waals surface area contributed by atoms with E-state index in [4.69, 9.17) is 4.74 Å². The van der Waals surface area contributed by atoms with Gasteiger partial charge in [-0.05, 0) is 13.8 Å². The minimum Gasteiger partial charge on any atom is -0.373 e. The second-order valence-electron chi connectivity index (χ2n) is 5.06. The summed E-state index contributed by atoms with van der Waals surface area (Å²) in [6.07, 6.45) is 0.913. The Kier molecular flexibility index (Phi) is 4.37. The normalized spacial score (nSPS) is 22.0. The van der Waals surface area contributed by atoms with Crippen LogP contribution in [0, 0.1) is 10.1 Å². The Morgan fingerprint density at radius 1 is 1.48 bits per heavy atom. The molecule has 0 aliphatic carbocycles. The number of morpholine rings is 1. The van der Waals surface area contributed by atoms with Gasteiger partial charge < -0.3 is 15.0 Å². The number of hydrogen-bond acceptors (Lipinski definition) is 6. The van der Waals surface area contributed by atoms with Gasteiger partial charge in [-0.25, -0.2) is 4.98 Å². The SMILES string of the molecule is CNc1cc(C(=O)N2C[C@@H](C)O[C@@H](C)C2)c([N+](=O)[O-])cn1. The highest BCUT2D eigenvalue weighted by Gasteiger charge is 2.31. The quantitative estimate of drug-likeness (QED) is 0.666. The van der Waals surface area contributed by atoms with Gasteiger partial charge in [0.1, 0.15) is 17.6 Å². The van der Waals surface area contributed by atoms with Crippen molar-refractivity contribution in [2.45, 2.75) is 26.1 Å². The summed E-state index contributed by atoms with van der Waals surface area (Å²) in [4.78, 5) is 28.6. The van der Waals surface area contributed by atoms with Gasteiger partial charge >= 0.3 is 0 Å². The predicted molar refractivity (Wildman–Crippen MR) is 76.4 cm³/mol. The van der Waals surface area contributed by atoms with E-state index in [0.29, 0.717) is 18.9 Å². The molecule has 0 bridgehead atoms. The van der Waals surface area contributed by atoms with E-state index in [1.165, 1.54) is 6.07 Å². The smallest absolute Gasteiger partial charge is 0.300 e. The maximum Gasteiger partial charge on any atom is 0.300 e. The molecular weight excluding hydrogens is 276 g/mol. The Morgan fingerprint density at radius 3 is 2.62 bits per heavy atom. The van der Waals surface area contributed by atoms with E-state index in [9.17, 15) is 14.9 Å². The molecule has 2 heterocycles. The number of rotatable bonds is 3. The van der Waals surface area contributed by atoms with E-state index < -0.39 is 4.92 Å². The number of nitrogens with one attached hydrogen (secondary N) is 1. The molecule has 8 heteroatoms. The fourth-order valence-corrected chi connectivity index (χ4v) is 2.42. The van der Waals surface area contributed by atoms with Gasteiger partial charge in [0.2, 0.25) is 0 Å². The van der Waals surface area contributed by atoms with Crippen LogP contribution in [0.4, 0.5) is 11.5 Å². The molecule has 1 N–H and O–H groups in total. The summed E-state index contributed by atoms with van der Waals surface area (Å²) in [6.45, 7) is 4.57. The molecule has 1 aliphatic heterocycles. The molecule has 1 aromatic rings. The van der Waals surface area contributed by atoms with Crippen molar-refractivity contribution in [2.24, 2.45) is 0 Å². The monoisotopic (exact) mass is 294 g/mol. The average molecular weight is 294 g/mol. The lowest BCUT2D eigenvalue weighted by Gasteiger charge is -2.35. The molecule has 1 aromatic heterocycles. The Labute approximate surface area is 122 Å². The Bertz CT molecular complexity index is 553. The number of aromatic nitrogens is 1. The van der Waals surface area contributed by atoms with Gasteiger partial charge in [0.25, 0.3) is 11.6 Å². The fraction of sp³-hybridized carbons (Fsp3) is 0.538. The van der Waals surface area contributed by atoms with Crippen molar-refractivity contribution in [1.29, 1.82) is 0 Å². The van der Waals surface area contributed by atoms with Gasteiger partial charge in [0.15, 0.2) is 0 Å². The third-order valence-corrected chi connectivity index (χ3v) is 3.27. The highest BCUT2D eigenvalue weighted by atomic mass is 16.6. The molecule has 0 radical (unpaired) electrons. The molecule has 0 saturated carbocycles. The molecule has 2 rings (SSSR count). The topological polar surface area (TPSA) is 97.6 Å². The van der Waals surface area contributed by atoms with Crippen LogP contribution < -0.4 is 5.32 Å². The maximum absolute atomic E-state index is 12.6. The van der Waals surface area contributed by atoms with Crippen LogP contribution >= 0.6 is 0 Å². The number of ether oxygens (including phenoxy) is 1. The number of carbonyl (C=O) groups excluding carboxylic acids is 1. The first-order valence-corrected chi connectivity index (χ1v) is 6.69. The first kappa shape index (κ1) is 15.2. The van der Waals surface area contributed by atoms with Crippen molar-refractivity contribution < 1.29 is 14.5 Å². The molecule has 1 amide bonds. The van der Waals surface area contributed by atoms with Crippen molar-refractivity contribution in [3.63, 3.8) is 0 Å². The summed E-state index contributed by atoms with van der Waals surface area (Å²) in [5.74, 6) is 0.0425. The zero-order valence-corrected chi connectivity index (χ0v) is 12.2. The summed E-state index contributed by atoms with van der Waals surface area (Å²) in [5, 5.41) is 13.9. The molecule has 0 aromatic carbocycles. The fourth-order valence-electron chi connectivity index (χ4n) is 2.42. The zero-order chi connectivity index (χ0) is 15.6. The van der Waals surface area contributed by atoms with Crippen LogP contribution in [0.3, 0.4) is 0 Å². The van der Waals surface area contributed by atoms with Crippen LogP contribution in [0.1, 0.15) is 24.2 Å². The van der Waals surface area contributed by atoms with E-state index in [-0.39, 0.29) is 29.4 Å². The van der Waals surface area contributed by atoms with E-state index >= 15 is 0 Å². The van der Waals surface area contributed by atoms with Gasteiger partial charge in [0, 0.05) is 26.2 Å². The van der Waals surface area contributed by atoms with E-state index in [2.05, 4.69) is 10.3 Å². The van der Waals surface area contributed by atoms with E-state index in [1.54, 1.807) is 11.9 Å². The van der Waals surface area contributed by atoms with Crippen molar-refractivity contribution in [2.75, 3.05) is 25.5 Å². The minimum absolute atomic E-state index is 0.0423. The predicted octanol–water partition coefficient (Wildman–Crippen LogP) is 1.28. The summed E-state index contributed by atoms with van der Waals surface area (Å²) in [7, 11) is 1.64. The second kappa shape index (κ2) is 6.04. The molecule has 0 unspecified atom stereocenters. The number of hydrogen-bond donors (Lipinski definition) is 1. The van der Waals surface area contributed by atoms with Gasteiger partial charge in [-0.15, -0.1) is 0 Å². The van der Waals surface area contributed by atoms with Gasteiger partial charge in [-0.1, -0.05) is 0 Å². The van der Waals surface area contributed by atoms with Crippen molar-refractivity contribution in [3.8, 4) is 0 Å². The maximum atomic E-state index is 12.6. The number of pyridine rings is 1. The van der Waals surface area contributed by atoms with Gasteiger partial charge in [-0.2, -0.15) is 0 Å². The molecular formula is C13H18N4O4. The van der Waals surface area contributed by atoms with E-state index in [0.717, 1.165) is 6.20 Å².